The van der Waals surface area contributed by atoms with E-state index in [-0.39, 0.29) is 10.6 Å². The fourth-order valence-electron chi connectivity index (χ4n) is 2.89. The monoisotopic (exact) mass is 428 g/mol. The minimum absolute atomic E-state index is 0.0740. The van der Waals surface area contributed by atoms with Gasteiger partial charge in [-0.15, -0.1) is 0 Å². The molecule has 1 N–H and O–H groups in total. The van der Waals surface area contributed by atoms with Gasteiger partial charge in [0.15, 0.2) is 5.75 Å². The van der Waals surface area contributed by atoms with Gasteiger partial charge in [0.05, 0.1) is 22.4 Å². The summed E-state index contributed by atoms with van der Waals surface area (Å²) in [7, 11) is -3.70. The first kappa shape index (κ1) is 21.6. The zero-order chi connectivity index (χ0) is 21.7. The van der Waals surface area contributed by atoms with Crippen LogP contribution in [0.25, 0.3) is 0 Å². The van der Waals surface area contributed by atoms with Gasteiger partial charge in [-0.25, -0.2) is 8.42 Å². The van der Waals surface area contributed by atoms with Gasteiger partial charge in [0, 0.05) is 13.1 Å². The zero-order valence-electron chi connectivity index (χ0n) is 17.1. The molecule has 0 atom stereocenters. The van der Waals surface area contributed by atoms with Crippen molar-refractivity contribution >= 4 is 21.6 Å². The fourth-order valence-corrected chi connectivity index (χ4v) is 4.38. The Hall–Kier alpha value is -3.10. The second-order valence-corrected chi connectivity index (χ2v) is 8.57. The number of aryl methyl sites for hydroxylation is 1. The molecule has 1 amide bonds. The summed E-state index contributed by atoms with van der Waals surface area (Å²) in [6.45, 7) is 6.20. The van der Waals surface area contributed by atoms with Crippen LogP contribution in [0.4, 0.5) is 5.69 Å². The van der Waals surface area contributed by atoms with Gasteiger partial charge in [-0.2, -0.15) is 4.31 Å². The number of ether oxygens (including phenoxy) is 1. The number of hydrogen-bond acceptors (Lipinski definition) is 5. The quantitative estimate of drug-likeness (QED) is 0.563. The number of nitrogens with zero attached hydrogens (tertiary/aromatic N) is 1. The SMILES string of the molecule is CCN(CC)S(=O)(=O)c1ccc(Oc2ccc(C)cc2)c(NC(=O)c2ccoc2)c1. The van der Waals surface area contributed by atoms with Gasteiger partial charge in [0.2, 0.25) is 10.0 Å². The number of furan rings is 1. The van der Waals surface area contributed by atoms with Crippen LogP contribution >= 0.6 is 0 Å². The van der Waals surface area contributed by atoms with Crippen LogP contribution in [0.3, 0.4) is 0 Å². The first-order valence-corrected chi connectivity index (χ1v) is 11.0. The van der Waals surface area contributed by atoms with Crippen LogP contribution in [0.15, 0.2) is 70.4 Å². The average molecular weight is 429 g/mol. The van der Waals surface area contributed by atoms with Crippen molar-refractivity contribution in [1.82, 2.24) is 4.31 Å². The molecule has 3 rings (SSSR count). The predicted octanol–water partition coefficient (Wildman–Crippen LogP) is 4.66. The molecule has 1 heterocycles. The highest BCUT2D eigenvalue weighted by molar-refractivity contribution is 7.89. The van der Waals surface area contributed by atoms with Crippen molar-refractivity contribution in [3.8, 4) is 11.5 Å². The number of nitrogens with one attached hydrogen (secondary N) is 1. The minimum atomic E-state index is -3.70. The normalized spacial score (nSPS) is 11.5. The van der Waals surface area contributed by atoms with Crippen molar-refractivity contribution in [2.24, 2.45) is 0 Å². The molecule has 0 saturated carbocycles. The van der Waals surface area contributed by atoms with Crippen LogP contribution in [-0.2, 0) is 10.0 Å². The number of sulfonamides is 1. The van der Waals surface area contributed by atoms with Crippen molar-refractivity contribution in [3.63, 3.8) is 0 Å². The fraction of sp³-hybridized carbons (Fsp3) is 0.227. The van der Waals surface area contributed by atoms with E-state index in [0.29, 0.717) is 30.2 Å². The maximum atomic E-state index is 12.9. The van der Waals surface area contributed by atoms with Crippen LogP contribution in [0.5, 0.6) is 11.5 Å². The van der Waals surface area contributed by atoms with E-state index in [1.165, 1.54) is 35.0 Å². The molecule has 0 unspecified atom stereocenters. The molecular weight excluding hydrogens is 404 g/mol. The van der Waals surface area contributed by atoms with E-state index < -0.39 is 15.9 Å². The lowest BCUT2D eigenvalue weighted by molar-refractivity contribution is 0.102. The van der Waals surface area contributed by atoms with Crippen LogP contribution in [0.2, 0.25) is 0 Å². The molecule has 0 aliphatic rings. The number of carbonyl (C=O) groups excluding carboxylic acids is 1. The van der Waals surface area contributed by atoms with Crippen molar-refractivity contribution in [2.45, 2.75) is 25.7 Å². The number of carbonyl (C=O) groups is 1. The van der Waals surface area contributed by atoms with Crippen molar-refractivity contribution < 1.29 is 22.4 Å². The minimum Gasteiger partial charge on any atom is -0.472 e. The molecule has 0 radical (unpaired) electrons. The summed E-state index contributed by atoms with van der Waals surface area (Å²) >= 11 is 0. The van der Waals surface area contributed by atoms with E-state index in [1.54, 1.807) is 32.0 Å². The molecule has 8 heteroatoms. The Balaban J connectivity index is 2.00. The van der Waals surface area contributed by atoms with E-state index in [9.17, 15) is 13.2 Å². The Bertz CT molecular complexity index is 1100. The lowest BCUT2D eigenvalue weighted by Crippen LogP contribution is -2.30. The number of anilines is 1. The Morgan fingerprint density at radius 3 is 2.37 bits per heavy atom. The summed E-state index contributed by atoms with van der Waals surface area (Å²) in [5.41, 5.74) is 1.64. The van der Waals surface area contributed by atoms with Gasteiger partial charge in [-0.3, -0.25) is 4.79 Å². The summed E-state index contributed by atoms with van der Waals surface area (Å²) < 4.78 is 38.1. The summed E-state index contributed by atoms with van der Waals surface area (Å²) in [5.74, 6) is 0.461. The third-order valence-corrected chi connectivity index (χ3v) is 6.62. The Morgan fingerprint density at radius 1 is 1.07 bits per heavy atom. The smallest absolute Gasteiger partial charge is 0.259 e. The number of benzene rings is 2. The van der Waals surface area contributed by atoms with E-state index in [2.05, 4.69) is 5.32 Å². The maximum Gasteiger partial charge on any atom is 0.259 e. The van der Waals surface area contributed by atoms with Crippen molar-refractivity contribution in [1.29, 1.82) is 0 Å². The van der Waals surface area contributed by atoms with Crippen LogP contribution in [0.1, 0.15) is 29.8 Å². The van der Waals surface area contributed by atoms with Crippen molar-refractivity contribution in [2.75, 3.05) is 18.4 Å². The van der Waals surface area contributed by atoms with Crippen LogP contribution in [0, 0.1) is 6.92 Å². The number of amides is 1. The topological polar surface area (TPSA) is 88.9 Å². The molecule has 0 spiro atoms. The Kier molecular flexibility index (Phi) is 6.59. The largest absolute Gasteiger partial charge is 0.472 e. The summed E-state index contributed by atoms with van der Waals surface area (Å²) in [6, 6.07) is 13.4. The van der Waals surface area contributed by atoms with E-state index in [1.807, 2.05) is 19.1 Å². The highest BCUT2D eigenvalue weighted by atomic mass is 32.2. The Morgan fingerprint density at radius 2 is 1.77 bits per heavy atom. The highest BCUT2D eigenvalue weighted by Crippen LogP contribution is 2.33. The Labute approximate surface area is 176 Å². The van der Waals surface area contributed by atoms with Gasteiger partial charge in [-0.05, 0) is 43.3 Å². The molecule has 30 heavy (non-hydrogen) atoms. The number of rotatable bonds is 8. The van der Waals surface area contributed by atoms with Gasteiger partial charge >= 0.3 is 0 Å². The standard InChI is InChI=1S/C22H24N2O5S/c1-4-24(5-2)30(26,27)19-10-11-21(29-18-8-6-16(3)7-9-18)20(14-19)23-22(25)17-12-13-28-15-17/h6-15H,4-5H2,1-3H3,(H,23,25). The molecule has 3 aromatic rings. The number of hydrogen-bond donors (Lipinski definition) is 1. The van der Waals surface area contributed by atoms with Gasteiger partial charge in [0.25, 0.3) is 5.91 Å². The van der Waals surface area contributed by atoms with E-state index >= 15 is 0 Å². The summed E-state index contributed by atoms with van der Waals surface area (Å²) in [5, 5.41) is 2.73. The molecule has 0 bridgehead atoms. The predicted molar refractivity (Wildman–Crippen MR) is 114 cm³/mol. The molecule has 0 saturated heterocycles. The molecule has 0 aliphatic carbocycles. The summed E-state index contributed by atoms with van der Waals surface area (Å²) in [6.07, 6.45) is 2.70. The molecule has 0 aliphatic heterocycles. The van der Waals surface area contributed by atoms with Gasteiger partial charge < -0.3 is 14.5 Å². The molecule has 2 aromatic carbocycles. The summed E-state index contributed by atoms with van der Waals surface area (Å²) in [4.78, 5) is 12.6. The molecule has 0 fully saturated rings. The van der Waals surface area contributed by atoms with E-state index in [4.69, 9.17) is 9.15 Å². The van der Waals surface area contributed by atoms with E-state index in [0.717, 1.165) is 5.56 Å². The first-order chi connectivity index (χ1) is 14.3. The zero-order valence-corrected chi connectivity index (χ0v) is 17.9. The molecule has 158 valence electrons. The molecule has 7 nitrogen and oxygen atoms in total. The van der Waals surface area contributed by atoms with Gasteiger partial charge in [-0.1, -0.05) is 31.5 Å². The second kappa shape index (κ2) is 9.15. The maximum absolute atomic E-state index is 12.9. The van der Waals surface area contributed by atoms with Crippen LogP contribution < -0.4 is 10.1 Å². The molecular formula is C22H24N2O5S. The highest BCUT2D eigenvalue weighted by Gasteiger charge is 2.24. The van der Waals surface area contributed by atoms with Gasteiger partial charge in [0.1, 0.15) is 12.0 Å². The van der Waals surface area contributed by atoms with Crippen molar-refractivity contribution in [3.05, 3.63) is 72.2 Å². The lowest BCUT2D eigenvalue weighted by Gasteiger charge is -2.20. The van der Waals surface area contributed by atoms with Crippen LogP contribution in [-0.4, -0.2) is 31.7 Å². The first-order valence-electron chi connectivity index (χ1n) is 9.57. The third-order valence-electron chi connectivity index (χ3n) is 4.57. The lowest BCUT2D eigenvalue weighted by atomic mass is 10.2. The molecule has 1 aromatic heterocycles. The third kappa shape index (κ3) is 4.72. The second-order valence-electron chi connectivity index (χ2n) is 6.63. The average Bonchev–Trinajstić information content (AvgIpc) is 3.26.